The van der Waals surface area contributed by atoms with E-state index in [1.54, 1.807) is 30.4 Å². The van der Waals surface area contributed by atoms with Gasteiger partial charge < -0.3 is 16.4 Å². The molecule has 156 valence electrons. The van der Waals surface area contributed by atoms with Crippen LogP contribution in [0.4, 0.5) is 11.6 Å². The highest BCUT2D eigenvalue weighted by molar-refractivity contribution is 5.98. The van der Waals surface area contributed by atoms with Crippen LogP contribution >= 0.6 is 0 Å². The number of nitrogens with two attached hydrogens (primary N) is 2. The van der Waals surface area contributed by atoms with Gasteiger partial charge in [-0.1, -0.05) is 34.6 Å². The molecule has 0 bridgehead atoms. The van der Waals surface area contributed by atoms with Crippen molar-refractivity contribution in [2.24, 2.45) is 0 Å². The van der Waals surface area contributed by atoms with E-state index >= 15 is 0 Å². The van der Waals surface area contributed by atoms with Crippen molar-refractivity contribution in [1.29, 1.82) is 0 Å². The molecule has 0 unspecified atom stereocenters. The smallest absolute Gasteiger partial charge is 0.257 e. The Balaban J connectivity index is 2.17. The minimum atomic E-state index is -0.302. The standard InChI is InChI=1S/C22H31N5O2/c1-21(2,3)15-10-17(19(24)26-11-15)20(29)27(6)8-7-22(4,5)16-9-14(13-28)18(23)25-12-16/h9-13H,7-8H2,1-6H3,(H2,23,25)(H2,24,26). The minimum absolute atomic E-state index is 0.130. The Hall–Kier alpha value is -2.96. The summed E-state index contributed by atoms with van der Waals surface area (Å²) in [5, 5.41) is 0. The Labute approximate surface area is 172 Å². The van der Waals surface area contributed by atoms with E-state index in [-0.39, 0.29) is 28.4 Å². The molecule has 0 aliphatic carbocycles. The van der Waals surface area contributed by atoms with Gasteiger partial charge in [-0.2, -0.15) is 0 Å². The average molecular weight is 398 g/mol. The first kappa shape index (κ1) is 22.3. The molecule has 0 aromatic carbocycles. The molecule has 0 spiro atoms. The topological polar surface area (TPSA) is 115 Å². The first-order valence-corrected chi connectivity index (χ1v) is 9.59. The lowest BCUT2D eigenvalue weighted by atomic mass is 9.81. The SMILES string of the molecule is CN(CCC(C)(C)c1cnc(N)c(C=O)c1)C(=O)c1cc(C(C)(C)C)cnc1N. The lowest BCUT2D eigenvalue weighted by Gasteiger charge is -2.28. The number of nitrogen functional groups attached to an aromatic ring is 2. The molecule has 2 aromatic heterocycles. The first-order chi connectivity index (χ1) is 13.4. The molecule has 7 heteroatoms. The number of nitrogens with zero attached hydrogens (tertiary/aromatic N) is 3. The van der Waals surface area contributed by atoms with E-state index < -0.39 is 0 Å². The van der Waals surface area contributed by atoms with Crippen LogP contribution in [0.5, 0.6) is 0 Å². The van der Waals surface area contributed by atoms with Crippen LogP contribution in [0.2, 0.25) is 0 Å². The minimum Gasteiger partial charge on any atom is -0.383 e. The van der Waals surface area contributed by atoms with E-state index in [0.717, 1.165) is 11.1 Å². The third-order valence-electron chi connectivity index (χ3n) is 5.29. The van der Waals surface area contributed by atoms with Crippen LogP contribution in [0.1, 0.15) is 72.9 Å². The summed E-state index contributed by atoms with van der Waals surface area (Å²) >= 11 is 0. The van der Waals surface area contributed by atoms with Crippen LogP contribution in [-0.4, -0.2) is 40.7 Å². The van der Waals surface area contributed by atoms with E-state index in [4.69, 9.17) is 11.5 Å². The Bertz CT molecular complexity index is 916. The molecule has 7 nitrogen and oxygen atoms in total. The second-order valence-electron chi connectivity index (χ2n) is 9.08. The van der Waals surface area contributed by atoms with E-state index in [9.17, 15) is 9.59 Å². The van der Waals surface area contributed by atoms with Crippen LogP contribution in [0.3, 0.4) is 0 Å². The van der Waals surface area contributed by atoms with Gasteiger partial charge in [0.1, 0.15) is 11.6 Å². The van der Waals surface area contributed by atoms with E-state index in [0.29, 0.717) is 30.4 Å². The molecular weight excluding hydrogens is 366 g/mol. The largest absolute Gasteiger partial charge is 0.383 e. The highest BCUT2D eigenvalue weighted by Gasteiger charge is 2.25. The third-order valence-corrected chi connectivity index (χ3v) is 5.29. The normalized spacial score (nSPS) is 11.9. The maximum absolute atomic E-state index is 13.0. The van der Waals surface area contributed by atoms with Gasteiger partial charge in [-0.3, -0.25) is 9.59 Å². The Morgan fingerprint density at radius 2 is 1.62 bits per heavy atom. The Morgan fingerprint density at radius 1 is 1.03 bits per heavy atom. The fraction of sp³-hybridized carbons (Fsp3) is 0.455. The number of aromatic nitrogens is 2. The molecule has 4 N–H and O–H groups in total. The third kappa shape index (κ3) is 5.10. The van der Waals surface area contributed by atoms with E-state index in [2.05, 4.69) is 30.7 Å². The van der Waals surface area contributed by atoms with E-state index in [1.807, 2.05) is 19.9 Å². The van der Waals surface area contributed by atoms with Crippen molar-refractivity contribution in [3.8, 4) is 0 Å². The molecule has 29 heavy (non-hydrogen) atoms. The summed E-state index contributed by atoms with van der Waals surface area (Å²) < 4.78 is 0. The second-order valence-corrected chi connectivity index (χ2v) is 9.08. The maximum atomic E-state index is 13.0. The van der Waals surface area contributed by atoms with Gasteiger partial charge in [-0.15, -0.1) is 0 Å². The van der Waals surface area contributed by atoms with Crippen LogP contribution in [0, 0.1) is 0 Å². The summed E-state index contributed by atoms with van der Waals surface area (Å²) in [6.45, 7) is 10.8. The lowest BCUT2D eigenvalue weighted by molar-refractivity contribution is 0.0786. The summed E-state index contributed by atoms with van der Waals surface area (Å²) in [4.78, 5) is 34.1. The molecule has 0 aliphatic rings. The predicted molar refractivity (Wildman–Crippen MR) is 116 cm³/mol. The molecule has 0 atom stereocenters. The molecule has 0 saturated carbocycles. The quantitative estimate of drug-likeness (QED) is 0.723. The highest BCUT2D eigenvalue weighted by Crippen LogP contribution is 2.29. The zero-order chi connectivity index (χ0) is 22.0. The van der Waals surface area contributed by atoms with Crippen molar-refractivity contribution in [3.05, 3.63) is 46.8 Å². The first-order valence-electron chi connectivity index (χ1n) is 9.59. The van der Waals surface area contributed by atoms with Crippen molar-refractivity contribution in [3.63, 3.8) is 0 Å². The van der Waals surface area contributed by atoms with Gasteiger partial charge in [0.25, 0.3) is 5.91 Å². The fourth-order valence-corrected chi connectivity index (χ4v) is 2.91. The molecule has 2 aromatic rings. The van der Waals surface area contributed by atoms with Crippen molar-refractivity contribution in [1.82, 2.24) is 14.9 Å². The molecule has 0 aliphatic heterocycles. The van der Waals surface area contributed by atoms with Crippen LogP contribution < -0.4 is 11.5 Å². The number of carbonyl (C=O) groups excluding carboxylic acids is 2. The molecule has 2 rings (SSSR count). The number of hydrogen-bond donors (Lipinski definition) is 2. The zero-order valence-corrected chi connectivity index (χ0v) is 18.1. The molecular formula is C22H31N5O2. The number of aldehydes is 1. The second kappa shape index (κ2) is 8.19. The van der Waals surface area contributed by atoms with Crippen molar-refractivity contribution < 1.29 is 9.59 Å². The van der Waals surface area contributed by atoms with Crippen molar-refractivity contribution in [2.45, 2.75) is 51.9 Å². The molecule has 0 saturated heterocycles. The lowest BCUT2D eigenvalue weighted by Crippen LogP contribution is -2.33. The molecule has 1 amide bonds. The molecule has 0 fully saturated rings. The van der Waals surface area contributed by atoms with Crippen LogP contribution in [0.15, 0.2) is 24.5 Å². The predicted octanol–water partition coefficient (Wildman–Crippen LogP) is 3.19. The highest BCUT2D eigenvalue weighted by atomic mass is 16.2. The van der Waals surface area contributed by atoms with Gasteiger partial charge >= 0.3 is 0 Å². The Kier molecular flexibility index (Phi) is 6.30. The summed E-state index contributed by atoms with van der Waals surface area (Å²) in [6, 6.07) is 3.58. The average Bonchev–Trinajstić information content (AvgIpc) is 2.65. The van der Waals surface area contributed by atoms with Gasteiger partial charge in [-0.25, -0.2) is 9.97 Å². The number of pyridine rings is 2. The summed E-state index contributed by atoms with van der Waals surface area (Å²) in [5.74, 6) is 0.280. The fourth-order valence-electron chi connectivity index (χ4n) is 2.91. The maximum Gasteiger partial charge on any atom is 0.257 e. The van der Waals surface area contributed by atoms with Crippen LogP contribution in [-0.2, 0) is 10.8 Å². The number of hydrogen-bond acceptors (Lipinski definition) is 6. The summed E-state index contributed by atoms with van der Waals surface area (Å²) in [7, 11) is 1.75. The van der Waals surface area contributed by atoms with Gasteiger partial charge in [0.15, 0.2) is 6.29 Å². The van der Waals surface area contributed by atoms with Crippen LogP contribution in [0.25, 0.3) is 0 Å². The molecule has 2 heterocycles. The van der Waals surface area contributed by atoms with Gasteiger partial charge in [0.2, 0.25) is 0 Å². The Morgan fingerprint density at radius 3 is 2.21 bits per heavy atom. The van der Waals surface area contributed by atoms with E-state index in [1.165, 1.54) is 0 Å². The molecule has 0 radical (unpaired) electrons. The number of rotatable bonds is 6. The number of amides is 1. The van der Waals surface area contributed by atoms with Crippen molar-refractivity contribution >= 4 is 23.8 Å². The summed E-state index contributed by atoms with van der Waals surface area (Å²) in [5.41, 5.74) is 13.9. The monoisotopic (exact) mass is 397 g/mol. The van der Waals surface area contributed by atoms with Gasteiger partial charge in [0.05, 0.1) is 11.1 Å². The van der Waals surface area contributed by atoms with Gasteiger partial charge in [-0.05, 0) is 40.5 Å². The zero-order valence-electron chi connectivity index (χ0n) is 18.1. The van der Waals surface area contributed by atoms with Crippen molar-refractivity contribution in [2.75, 3.05) is 25.1 Å². The summed E-state index contributed by atoms with van der Waals surface area (Å²) in [6.07, 6.45) is 4.77. The number of anilines is 2. The van der Waals surface area contributed by atoms with Gasteiger partial charge in [0, 0.05) is 26.0 Å². The number of carbonyl (C=O) groups is 2.